The summed E-state index contributed by atoms with van der Waals surface area (Å²) in [6.07, 6.45) is 3.85. The Morgan fingerprint density at radius 1 is 0.794 bits per heavy atom. The second-order valence-electron chi connectivity index (χ2n) is 7.86. The first-order valence-corrected chi connectivity index (χ1v) is 11.4. The maximum Gasteiger partial charge on any atom is 0.326 e. The lowest BCUT2D eigenvalue weighted by molar-refractivity contribution is -0.142. The molecule has 3 atom stereocenters. The number of guanidine groups is 1. The summed E-state index contributed by atoms with van der Waals surface area (Å²) < 4.78 is 0. The van der Waals surface area contributed by atoms with Gasteiger partial charge in [-0.3, -0.25) is 19.4 Å². The highest BCUT2D eigenvalue weighted by Gasteiger charge is 2.25. The number of nitrogens with one attached hydrogen (secondary N) is 3. The van der Waals surface area contributed by atoms with Crippen molar-refractivity contribution in [3.8, 4) is 0 Å². The third-order valence-corrected chi connectivity index (χ3v) is 4.89. The van der Waals surface area contributed by atoms with Crippen LogP contribution in [-0.4, -0.2) is 79.1 Å². The lowest BCUT2D eigenvalue weighted by Crippen LogP contribution is -2.53. The third-order valence-electron chi connectivity index (χ3n) is 4.89. The zero-order chi connectivity index (χ0) is 25.9. The van der Waals surface area contributed by atoms with Gasteiger partial charge in [0.15, 0.2) is 5.96 Å². The van der Waals surface area contributed by atoms with E-state index in [9.17, 15) is 24.3 Å². The normalized spacial score (nSPS) is 13.3. The Bertz CT molecular complexity index is 671. The van der Waals surface area contributed by atoms with Crippen LogP contribution in [0.4, 0.5) is 0 Å². The minimum atomic E-state index is -1.22. The van der Waals surface area contributed by atoms with E-state index in [1.165, 1.54) is 0 Å². The fraction of sp³-hybridized carbons (Fsp3) is 0.750. The predicted molar refractivity (Wildman–Crippen MR) is 128 cm³/mol. The van der Waals surface area contributed by atoms with E-state index in [1.807, 2.05) is 0 Å². The molecule has 0 saturated carbocycles. The van der Waals surface area contributed by atoms with Gasteiger partial charge in [-0.15, -0.1) is 0 Å². The highest BCUT2D eigenvalue weighted by molar-refractivity contribution is 5.92. The minimum absolute atomic E-state index is 0.103. The summed E-state index contributed by atoms with van der Waals surface area (Å²) in [5.41, 5.74) is 27.2. The van der Waals surface area contributed by atoms with Gasteiger partial charge in [0.25, 0.3) is 0 Å². The van der Waals surface area contributed by atoms with Crippen LogP contribution in [0, 0.1) is 0 Å². The summed E-state index contributed by atoms with van der Waals surface area (Å²) in [5, 5.41) is 16.7. The van der Waals surface area contributed by atoms with E-state index in [2.05, 4.69) is 20.9 Å². The molecule has 14 N–H and O–H groups in total. The quantitative estimate of drug-likeness (QED) is 0.0500. The second kappa shape index (κ2) is 18.5. The molecule has 0 aromatic carbocycles. The minimum Gasteiger partial charge on any atom is -0.480 e. The van der Waals surface area contributed by atoms with Gasteiger partial charge in [-0.2, -0.15) is 0 Å². The molecule has 14 heteroatoms. The molecule has 0 aromatic rings. The zero-order valence-corrected chi connectivity index (χ0v) is 19.6. The van der Waals surface area contributed by atoms with Crippen molar-refractivity contribution in [1.82, 2.24) is 16.0 Å². The van der Waals surface area contributed by atoms with Crippen molar-refractivity contribution in [2.24, 2.45) is 33.7 Å². The van der Waals surface area contributed by atoms with Gasteiger partial charge in [0.2, 0.25) is 17.7 Å². The summed E-state index contributed by atoms with van der Waals surface area (Å²) in [5.74, 6) is -3.06. The number of aliphatic carboxylic acids is 1. The molecule has 0 bridgehead atoms. The van der Waals surface area contributed by atoms with E-state index < -0.39 is 48.4 Å². The van der Waals surface area contributed by atoms with Crippen molar-refractivity contribution in [3.05, 3.63) is 0 Å². The summed E-state index contributed by atoms with van der Waals surface area (Å²) in [6.45, 7) is 0.697. The molecule has 14 nitrogen and oxygen atoms in total. The van der Waals surface area contributed by atoms with Crippen LogP contribution in [0.25, 0.3) is 0 Å². The third kappa shape index (κ3) is 15.0. The molecule has 0 rings (SSSR count). The van der Waals surface area contributed by atoms with Crippen LogP contribution in [0.2, 0.25) is 0 Å². The Hall–Kier alpha value is -2.97. The standard InChI is InChI=1S/C20H41N9O5/c21-9-3-1-6-13(23)17(31)29-14(7-2-4-10-22)18(32)27-12-16(30)28-15(19(33)34)8-5-11-26-20(24)25/h13-15H,1-12,21-23H2,(H,27,32)(H,28,30)(H,29,31)(H,33,34)(H4,24,25,26). The Morgan fingerprint density at radius 2 is 1.38 bits per heavy atom. The molecular weight excluding hydrogens is 446 g/mol. The van der Waals surface area contributed by atoms with Crippen LogP contribution < -0.4 is 44.6 Å². The maximum absolute atomic E-state index is 12.6. The fourth-order valence-electron chi connectivity index (χ4n) is 2.98. The molecule has 3 unspecified atom stereocenters. The number of carbonyl (C=O) groups is 4. The molecule has 0 aliphatic rings. The Balaban J connectivity index is 4.79. The van der Waals surface area contributed by atoms with E-state index in [1.54, 1.807) is 0 Å². The van der Waals surface area contributed by atoms with Gasteiger partial charge in [-0.25, -0.2) is 4.79 Å². The number of rotatable bonds is 19. The van der Waals surface area contributed by atoms with E-state index in [-0.39, 0.29) is 18.9 Å². The fourth-order valence-corrected chi connectivity index (χ4v) is 2.98. The lowest BCUT2D eigenvalue weighted by Gasteiger charge is -2.21. The van der Waals surface area contributed by atoms with Crippen molar-refractivity contribution in [2.45, 2.75) is 69.5 Å². The summed E-state index contributed by atoms with van der Waals surface area (Å²) in [4.78, 5) is 52.3. The first-order chi connectivity index (χ1) is 16.1. The summed E-state index contributed by atoms with van der Waals surface area (Å²) in [7, 11) is 0. The Kier molecular flexibility index (Phi) is 16.8. The number of carbonyl (C=O) groups excluding carboxylic acids is 3. The predicted octanol–water partition coefficient (Wildman–Crippen LogP) is -3.20. The number of aliphatic imine (C=N–C) groups is 1. The molecule has 0 fully saturated rings. The van der Waals surface area contributed by atoms with Gasteiger partial charge in [0.05, 0.1) is 12.6 Å². The molecule has 0 spiro atoms. The first kappa shape index (κ1) is 31.0. The first-order valence-electron chi connectivity index (χ1n) is 11.4. The SMILES string of the molecule is NCCCCC(N)C(=O)NC(CCCCN)C(=O)NCC(=O)NC(CCCN=C(N)N)C(=O)O. The maximum atomic E-state index is 12.6. The number of nitrogens with zero attached hydrogens (tertiary/aromatic N) is 1. The van der Waals surface area contributed by atoms with Crippen LogP contribution in [0.5, 0.6) is 0 Å². The monoisotopic (exact) mass is 487 g/mol. The number of nitrogens with two attached hydrogens (primary N) is 5. The van der Waals surface area contributed by atoms with E-state index in [4.69, 9.17) is 28.7 Å². The van der Waals surface area contributed by atoms with Gasteiger partial charge in [0.1, 0.15) is 12.1 Å². The molecular formula is C20H41N9O5. The highest BCUT2D eigenvalue weighted by atomic mass is 16.4. The van der Waals surface area contributed by atoms with Crippen molar-refractivity contribution in [3.63, 3.8) is 0 Å². The average Bonchev–Trinajstić information content (AvgIpc) is 2.78. The lowest BCUT2D eigenvalue weighted by atomic mass is 10.1. The average molecular weight is 488 g/mol. The number of carboxylic acid groups (broad SMARTS) is 1. The van der Waals surface area contributed by atoms with Crippen LogP contribution >= 0.6 is 0 Å². The second-order valence-corrected chi connectivity index (χ2v) is 7.86. The Labute approximate surface area is 199 Å². The van der Waals surface area contributed by atoms with Gasteiger partial charge < -0.3 is 49.7 Å². The highest BCUT2D eigenvalue weighted by Crippen LogP contribution is 2.04. The van der Waals surface area contributed by atoms with Crippen LogP contribution in [0.1, 0.15) is 51.4 Å². The molecule has 0 aromatic heterocycles. The summed E-state index contributed by atoms with van der Waals surface area (Å²) in [6, 6.07) is -2.85. The number of amides is 3. The van der Waals surface area contributed by atoms with E-state index in [0.29, 0.717) is 51.6 Å². The van der Waals surface area contributed by atoms with E-state index >= 15 is 0 Å². The molecule has 0 aliphatic carbocycles. The smallest absolute Gasteiger partial charge is 0.326 e. The Morgan fingerprint density at radius 3 is 1.94 bits per heavy atom. The van der Waals surface area contributed by atoms with Crippen molar-refractivity contribution in [2.75, 3.05) is 26.2 Å². The number of carboxylic acids is 1. The number of hydrogen-bond donors (Lipinski definition) is 9. The zero-order valence-electron chi connectivity index (χ0n) is 19.6. The topological polar surface area (TPSA) is 267 Å². The molecule has 3 amide bonds. The molecule has 0 radical (unpaired) electrons. The number of hydrogen-bond acceptors (Lipinski definition) is 8. The van der Waals surface area contributed by atoms with Crippen molar-refractivity contribution >= 4 is 29.7 Å². The van der Waals surface area contributed by atoms with E-state index in [0.717, 1.165) is 6.42 Å². The molecule has 0 heterocycles. The summed E-state index contributed by atoms with van der Waals surface area (Å²) >= 11 is 0. The van der Waals surface area contributed by atoms with Crippen LogP contribution in [-0.2, 0) is 19.2 Å². The van der Waals surface area contributed by atoms with Crippen molar-refractivity contribution in [1.29, 1.82) is 0 Å². The van der Waals surface area contributed by atoms with Gasteiger partial charge in [0, 0.05) is 6.54 Å². The van der Waals surface area contributed by atoms with Crippen LogP contribution in [0.3, 0.4) is 0 Å². The van der Waals surface area contributed by atoms with Crippen LogP contribution in [0.15, 0.2) is 4.99 Å². The largest absolute Gasteiger partial charge is 0.480 e. The molecule has 0 aliphatic heterocycles. The van der Waals surface area contributed by atoms with Gasteiger partial charge in [-0.05, 0) is 58.0 Å². The molecule has 0 saturated heterocycles. The van der Waals surface area contributed by atoms with Gasteiger partial charge >= 0.3 is 5.97 Å². The molecule has 196 valence electrons. The number of unbranched alkanes of at least 4 members (excludes halogenated alkanes) is 2. The van der Waals surface area contributed by atoms with Gasteiger partial charge in [-0.1, -0.05) is 6.42 Å². The molecule has 34 heavy (non-hydrogen) atoms. The van der Waals surface area contributed by atoms with Crippen molar-refractivity contribution < 1.29 is 24.3 Å².